The fourth-order valence-electron chi connectivity index (χ4n) is 3.23. The molecule has 0 atom stereocenters. The summed E-state index contributed by atoms with van der Waals surface area (Å²) in [7, 11) is 3.16. The normalized spacial score (nSPS) is 15.5. The van der Waals surface area contributed by atoms with Gasteiger partial charge in [0.1, 0.15) is 0 Å². The predicted octanol–water partition coefficient (Wildman–Crippen LogP) is -0.227. The quantitative estimate of drug-likeness (QED) is 0.840. The predicted molar refractivity (Wildman–Crippen MR) is 90.0 cm³/mol. The molecule has 126 valence electrons. The first kappa shape index (κ1) is 15.8. The highest BCUT2D eigenvalue weighted by atomic mass is 16.2. The molecule has 2 aromatic rings. The smallest absolute Gasteiger partial charge is 0.332 e. The third-order valence-corrected chi connectivity index (χ3v) is 4.55. The van der Waals surface area contributed by atoms with Gasteiger partial charge in [-0.2, -0.15) is 4.98 Å². The lowest BCUT2D eigenvalue weighted by molar-refractivity contribution is 0.551. The van der Waals surface area contributed by atoms with Crippen molar-refractivity contribution in [3.8, 4) is 0 Å². The number of rotatable bonds is 4. The monoisotopic (exact) mass is 320 g/mol. The number of hydrogen-bond acceptors (Lipinski definition) is 5. The van der Waals surface area contributed by atoms with Gasteiger partial charge in [0.2, 0.25) is 5.95 Å². The van der Waals surface area contributed by atoms with Gasteiger partial charge in [0.05, 0.1) is 0 Å². The topological polar surface area (TPSA) is 91.1 Å². The van der Waals surface area contributed by atoms with Crippen LogP contribution in [0.5, 0.6) is 0 Å². The molecule has 23 heavy (non-hydrogen) atoms. The number of fused-ring (bicyclic) bond motifs is 1. The van der Waals surface area contributed by atoms with Crippen molar-refractivity contribution in [2.45, 2.75) is 32.2 Å². The van der Waals surface area contributed by atoms with Gasteiger partial charge in [0.25, 0.3) is 5.56 Å². The molecule has 0 spiro atoms. The Kier molecular flexibility index (Phi) is 4.25. The lowest BCUT2D eigenvalue weighted by Gasteiger charge is -2.28. The van der Waals surface area contributed by atoms with E-state index in [1.165, 1.54) is 18.0 Å². The molecule has 0 bridgehead atoms. The first-order valence-corrected chi connectivity index (χ1v) is 8.17. The van der Waals surface area contributed by atoms with Gasteiger partial charge in [-0.15, -0.1) is 0 Å². The fraction of sp³-hybridized carbons (Fsp3) is 0.667. The third kappa shape index (κ3) is 2.56. The van der Waals surface area contributed by atoms with Crippen LogP contribution >= 0.6 is 0 Å². The number of aromatic nitrogens is 4. The van der Waals surface area contributed by atoms with Crippen LogP contribution in [0.4, 0.5) is 5.95 Å². The highest BCUT2D eigenvalue weighted by molar-refractivity contribution is 5.74. The molecule has 0 saturated carbocycles. The molecule has 0 aliphatic carbocycles. The molecule has 2 aromatic heterocycles. The summed E-state index contributed by atoms with van der Waals surface area (Å²) in [5, 5.41) is 0. The number of nitrogens with two attached hydrogens (primary N) is 1. The number of hydrogen-bond donors (Lipinski definition) is 1. The molecule has 1 aliphatic heterocycles. The van der Waals surface area contributed by atoms with E-state index >= 15 is 0 Å². The molecule has 2 N–H and O–H groups in total. The van der Waals surface area contributed by atoms with Crippen molar-refractivity contribution < 1.29 is 0 Å². The van der Waals surface area contributed by atoms with Crippen LogP contribution in [-0.2, 0) is 20.6 Å². The Morgan fingerprint density at radius 3 is 2.43 bits per heavy atom. The van der Waals surface area contributed by atoms with Gasteiger partial charge < -0.3 is 15.2 Å². The van der Waals surface area contributed by atoms with Gasteiger partial charge >= 0.3 is 5.69 Å². The highest BCUT2D eigenvalue weighted by Gasteiger charge is 2.23. The number of anilines is 1. The number of piperidine rings is 1. The average molecular weight is 320 g/mol. The summed E-state index contributed by atoms with van der Waals surface area (Å²) in [5.41, 5.74) is 5.95. The summed E-state index contributed by atoms with van der Waals surface area (Å²) in [6.45, 7) is 3.04. The summed E-state index contributed by atoms with van der Waals surface area (Å²) in [5.74, 6) is 0.784. The molecule has 0 unspecified atom stereocenters. The summed E-state index contributed by atoms with van der Waals surface area (Å²) in [6.07, 6.45) is 4.23. The Labute approximate surface area is 134 Å². The summed E-state index contributed by atoms with van der Waals surface area (Å²) in [6, 6.07) is 0. The summed E-state index contributed by atoms with van der Waals surface area (Å²) >= 11 is 0. The zero-order chi connectivity index (χ0) is 16.6. The zero-order valence-electron chi connectivity index (χ0n) is 13.8. The van der Waals surface area contributed by atoms with Crippen LogP contribution in [0, 0.1) is 0 Å². The van der Waals surface area contributed by atoms with Crippen molar-refractivity contribution in [1.82, 2.24) is 18.7 Å². The van der Waals surface area contributed by atoms with Gasteiger partial charge in [-0.3, -0.25) is 13.9 Å². The molecule has 8 heteroatoms. The van der Waals surface area contributed by atoms with Crippen molar-refractivity contribution >= 4 is 17.1 Å². The van der Waals surface area contributed by atoms with Crippen LogP contribution in [0.3, 0.4) is 0 Å². The van der Waals surface area contributed by atoms with Crippen molar-refractivity contribution in [3.63, 3.8) is 0 Å². The van der Waals surface area contributed by atoms with E-state index in [4.69, 9.17) is 5.73 Å². The van der Waals surface area contributed by atoms with E-state index in [2.05, 4.69) is 9.88 Å². The van der Waals surface area contributed by atoms with Crippen molar-refractivity contribution in [2.75, 3.05) is 24.5 Å². The van der Waals surface area contributed by atoms with Crippen molar-refractivity contribution in [3.05, 3.63) is 20.8 Å². The van der Waals surface area contributed by atoms with E-state index in [9.17, 15) is 9.59 Å². The Balaban J connectivity index is 2.26. The Bertz CT molecular complexity index is 825. The molecular formula is C15H24N6O2. The van der Waals surface area contributed by atoms with Crippen LogP contribution in [-0.4, -0.2) is 38.3 Å². The molecule has 8 nitrogen and oxygen atoms in total. The minimum atomic E-state index is -0.351. The van der Waals surface area contributed by atoms with Crippen molar-refractivity contribution in [1.29, 1.82) is 0 Å². The van der Waals surface area contributed by atoms with Crippen LogP contribution < -0.4 is 21.9 Å². The second kappa shape index (κ2) is 6.19. The van der Waals surface area contributed by atoms with Gasteiger partial charge in [-0.25, -0.2) is 4.79 Å². The Morgan fingerprint density at radius 2 is 1.78 bits per heavy atom. The maximum Gasteiger partial charge on any atom is 0.332 e. The van der Waals surface area contributed by atoms with E-state index in [1.807, 2.05) is 4.57 Å². The van der Waals surface area contributed by atoms with Crippen LogP contribution in [0.2, 0.25) is 0 Å². The zero-order valence-corrected chi connectivity index (χ0v) is 13.8. The second-order valence-corrected chi connectivity index (χ2v) is 6.13. The molecule has 3 heterocycles. The number of imidazole rings is 1. The first-order chi connectivity index (χ1) is 11.1. The van der Waals surface area contributed by atoms with Gasteiger partial charge in [-0.05, 0) is 32.2 Å². The molecule has 3 rings (SSSR count). The van der Waals surface area contributed by atoms with Gasteiger partial charge in [0.15, 0.2) is 11.2 Å². The minimum absolute atomic E-state index is 0.295. The molecule has 0 amide bonds. The number of nitrogens with zero attached hydrogens (tertiary/aromatic N) is 5. The van der Waals surface area contributed by atoms with E-state index in [-0.39, 0.29) is 11.2 Å². The fourth-order valence-corrected chi connectivity index (χ4v) is 3.23. The largest absolute Gasteiger partial charge is 0.342 e. The molecular weight excluding hydrogens is 296 g/mol. The molecule has 0 aromatic carbocycles. The third-order valence-electron chi connectivity index (χ3n) is 4.55. The van der Waals surface area contributed by atoms with Crippen molar-refractivity contribution in [2.24, 2.45) is 19.8 Å². The first-order valence-electron chi connectivity index (χ1n) is 8.17. The van der Waals surface area contributed by atoms with E-state index in [0.717, 1.165) is 42.9 Å². The Hall–Kier alpha value is -2.09. The lowest BCUT2D eigenvalue weighted by Crippen LogP contribution is -2.37. The molecule has 1 saturated heterocycles. The molecule has 1 aliphatic rings. The average Bonchev–Trinajstić information content (AvgIpc) is 2.96. The SMILES string of the molecule is Cn1c(=O)c2c(nc(N3CCCCC3)n2CCCN)n(C)c1=O. The van der Waals surface area contributed by atoms with Crippen LogP contribution in [0.25, 0.3) is 11.2 Å². The van der Waals surface area contributed by atoms with Crippen LogP contribution in [0.1, 0.15) is 25.7 Å². The van der Waals surface area contributed by atoms with E-state index in [0.29, 0.717) is 24.3 Å². The summed E-state index contributed by atoms with van der Waals surface area (Å²) < 4.78 is 4.53. The summed E-state index contributed by atoms with van der Waals surface area (Å²) in [4.78, 5) is 31.6. The molecule has 1 fully saturated rings. The Morgan fingerprint density at radius 1 is 1.09 bits per heavy atom. The number of aryl methyl sites for hydroxylation is 2. The van der Waals surface area contributed by atoms with Gasteiger partial charge in [0, 0.05) is 33.7 Å². The molecule has 0 radical (unpaired) electrons. The van der Waals surface area contributed by atoms with Crippen LogP contribution in [0.15, 0.2) is 9.59 Å². The van der Waals surface area contributed by atoms with E-state index in [1.54, 1.807) is 7.05 Å². The highest BCUT2D eigenvalue weighted by Crippen LogP contribution is 2.23. The van der Waals surface area contributed by atoms with Gasteiger partial charge in [-0.1, -0.05) is 0 Å². The lowest BCUT2D eigenvalue weighted by atomic mass is 10.1. The maximum atomic E-state index is 12.6. The second-order valence-electron chi connectivity index (χ2n) is 6.13. The maximum absolute atomic E-state index is 12.6. The minimum Gasteiger partial charge on any atom is -0.342 e. The standard InChI is InChI=1S/C15H24N6O2/c1-18-12-11(13(22)19(2)15(18)23)21(10-6-7-16)14(17-12)20-8-4-3-5-9-20/h3-10,16H2,1-2H3. The van der Waals surface area contributed by atoms with E-state index < -0.39 is 0 Å².